The van der Waals surface area contributed by atoms with E-state index in [0.717, 1.165) is 55.8 Å². The molecule has 1 aromatic carbocycles. The number of fused-ring (bicyclic) bond motifs is 1. The van der Waals surface area contributed by atoms with Gasteiger partial charge in [0.05, 0.1) is 17.8 Å². The maximum Gasteiger partial charge on any atom is 0.225 e. The topological polar surface area (TPSA) is 72.9 Å². The molecule has 1 saturated heterocycles. The Labute approximate surface area is 197 Å². The number of halogens is 2. The molecule has 5 rings (SSSR count). The first-order chi connectivity index (χ1) is 16.5. The molecule has 0 saturated carbocycles. The molecule has 1 aliphatic heterocycles. The molecule has 4 heterocycles. The Morgan fingerprint density at radius 3 is 2.47 bits per heavy atom. The summed E-state index contributed by atoms with van der Waals surface area (Å²) in [4.78, 5) is 15.6. The van der Waals surface area contributed by atoms with Gasteiger partial charge in [0.2, 0.25) is 5.95 Å². The Morgan fingerprint density at radius 2 is 1.76 bits per heavy atom. The number of benzene rings is 1. The minimum absolute atomic E-state index is 0.153. The number of hydrogen-bond donors (Lipinski definition) is 1. The predicted molar refractivity (Wildman–Crippen MR) is 130 cm³/mol. The minimum atomic E-state index is -0.423. The number of piperidine rings is 1. The highest BCUT2D eigenvalue weighted by molar-refractivity contribution is 5.84. The van der Waals surface area contributed by atoms with Crippen molar-refractivity contribution in [3.63, 3.8) is 0 Å². The maximum atomic E-state index is 15.0. The lowest BCUT2D eigenvalue weighted by Crippen LogP contribution is -2.34. The summed E-state index contributed by atoms with van der Waals surface area (Å²) in [6.45, 7) is 3.93. The summed E-state index contributed by atoms with van der Waals surface area (Å²) in [5.74, 6) is 0.200. The lowest BCUT2D eigenvalue weighted by molar-refractivity contribution is 0.492. The van der Waals surface area contributed by atoms with Crippen molar-refractivity contribution in [2.75, 3.05) is 23.7 Å². The molecule has 4 aromatic rings. The van der Waals surface area contributed by atoms with Crippen LogP contribution in [0.1, 0.15) is 48.9 Å². The van der Waals surface area contributed by atoms with Crippen LogP contribution < -0.4 is 10.6 Å². The van der Waals surface area contributed by atoms with E-state index >= 15 is 0 Å². The zero-order chi connectivity index (χ0) is 23.7. The van der Waals surface area contributed by atoms with Gasteiger partial charge in [0.1, 0.15) is 11.6 Å². The lowest BCUT2D eigenvalue weighted by atomic mass is 9.90. The molecule has 0 radical (unpaired) electrons. The molecule has 0 amide bonds. The summed E-state index contributed by atoms with van der Waals surface area (Å²) in [5.41, 5.74) is 8.83. The smallest absolute Gasteiger partial charge is 0.225 e. The Hall–Kier alpha value is -3.55. The fourth-order valence-electron chi connectivity index (χ4n) is 4.77. The van der Waals surface area contributed by atoms with Crippen LogP contribution in [0.4, 0.5) is 20.4 Å². The fourth-order valence-corrected chi connectivity index (χ4v) is 4.77. The van der Waals surface area contributed by atoms with Gasteiger partial charge in [-0.05, 0) is 60.6 Å². The number of aryl methyl sites for hydroxylation is 1. The molecule has 0 unspecified atom stereocenters. The van der Waals surface area contributed by atoms with E-state index in [-0.39, 0.29) is 24.0 Å². The quantitative estimate of drug-likeness (QED) is 0.405. The summed E-state index contributed by atoms with van der Waals surface area (Å²) in [7, 11) is 0. The van der Waals surface area contributed by atoms with Crippen molar-refractivity contribution in [2.45, 2.75) is 45.1 Å². The van der Waals surface area contributed by atoms with Crippen LogP contribution >= 0.6 is 0 Å². The van der Waals surface area contributed by atoms with Crippen LogP contribution in [0.15, 0.2) is 49.1 Å². The first kappa shape index (κ1) is 22.3. The van der Waals surface area contributed by atoms with Gasteiger partial charge in [0, 0.05) is 49.0 Å². The van der Waals surface area contributed by atoms with E-state index in [1.54, 1.807) is 35.2 Å². The molecule has 176 valence electrons. The number of nitrogen functional groups attached to an aromatic ring is 1. The van der Waals surface area contributed by atoms with Gasteiger partial charge in [-0.25, -0.2) is 18.7 Å². The van der Waals surface area contributed by atoms with Crippen LogP contribution in [0.3, 0.4) is 0 Å². The van der Waals surface area contributed by atoms with Gasteiger partial charge >= 0.3 is 0 Å². The van der Waals surface area contributed by atoms with Crippen molar-refractivity contribution in [3.05, 3.63) is 77.5 Å². The zero-order valence-corrected chi connectivity index (χ0v) is 19.2. The molecular formula is C26H28F2N6. The van der Waals surface area contributed by atoms with E-state index in [1.165, 1.54) is 6.07 Å². The largest absolute Gasteiger partial charge is 0.399 e. The van der Waals surface area contributed by atoms with Crippen LogP contribution in [-0.4, -0.2) is 32.6 Å². The Balaban J connectivity index is 1.26. The highest BCUT2D eigenvalue weighted by Crippen LogP contribution is 2.30. The number of hydrogen-bond acceptors (Lipinski definition) is 5. The fraction of sp³-hybridized carbons (Fsp3) is 0.346. The summed E-state index contributed by atoms with van der Waals surface area (Å²) in [5, 5.41) is 0.685. The van der Waals surface area contributed by atoms with Gasteiger partial charge < -0.3 is 15.2 Å². The van der Waals surface area contributed by atoms with Crippen molar-refractivity contribution in [1.29, 1.82) is 0 Å². The summed E-state index contributed by atoms with van der Waals surface area (Å²) >= 11 is 0. The normalized spacial score (nSPS) is 14.7. The average molecular weight is 463 g/mol. The second kappa shape index (κ2) is 9.37. The molecule has 0 atom stereocenters. The average Bonchev–Trinajstić information content (AvgIpc) is 3.24. The Morgan fingerprint density at radius 1 is 1.00 bits per heavy atom. The molecular weight excluding hydrogens is 434 g/mol. The molecule has 0 bridgehead atoms. The van der Waals surface area contributed by atoms with Gasteiger partial charge in [0.15, 0.2) is 0 Å². The van der Waals surface area contributed by atoms with E-state index in [0.29, 0.717) is 16.6 Å². The van der Waals surface area contributed by atoms with Gasteiger partial charge in [-0.1, -0.05) is 13.3 Å². The summed E-state index contributed by atoms with van der Waals surface area (Å²) in [6.07, 6.45) is 11.1. The van der Waals surface area contributed by atoms with Crippen LogP contribution in [-0.2, 0) is 13.0 Å². The van der Waals surface area contributed by atoms with Crippen molar-refractivity contribution >= 4 is 22.5 Å². The first-order valence-corrected chi connectivity index (χ1v) is 11.8. The van der Waals surface area contributed by atoms with E-state index in [1.807, 2.05) is 12.4 Å². The Bertz CT molecular complexity index is 1290. The van der Waals surface area contributed by atoms with E-state index in [4.69, 9.17) is 5.73 Å². The minimum Gasteiger partial charge on any atom is -0.399 e. The highest BCUT2D eigenvalue weighted by Gasteiger charge is 2.23. The standard InChI is InChI=1S/C26H28F2N6/c1-2-3-17-13-31-26(32-14-17)33-7-4-18(5-8-33)20-11-22(27)24(30-15-20)16-34-9-6-19-10-21(29)12-23(28)25(19)34/h6,9-15,18H,2-5,7-8,16,29H2,1H3. The van der Waals surface area contributed by atoms with Crippen LogP contribution in [0.25, 0.3) is 10.9 Å². The molecule has 6 nitrogen and oxygen atoms in total. The number of nitrogens with zero attached hydrogens (tertiary/aromatic N) is 5. The van der Waals surface area contributed by atoms with Crippen LogP contribution in [0.5, 0.6) is 0 Å². The third-order valence-corrected chi connectivity index (χ3v) is 6.57. The van der Waals surface area contributed by atoms with E-state index < -0.39 is 5.82 Å². The molecule has 2 N–H and O–H groups in total. The molecule has 3 aromatic heterocycles. The number of rotatable bonds is 6. The maximum absolute atomic E-state index is 15.0. The van der Waals surface area contributed by atoms with Crippen molar-refractivity contribution in [3.8, 4) is 0 Å². The first-order valence-electron chi connectivity index (χ1n) is 11.8. The molecule has 1 fully saturated rings. The van der Waals surface area contributed by atoms with E-state index in [2.05, 4.69) is 26.8 Å². The highest BCUT2D eigenvalue weighted by atomic mass is 19.1. The predicted octanol–water partition coefficient (Wildman–Crippen LogP) is 5.07. The van der Waals surface area contributed by atoms with Crippen molar-refractivity contribution in [1.82, 2.24) is 19.5 Å². The van der Waals surface area contributed by atoms with Gasteiger partial charge in [-0.15, -0.1) is 0 Å². The number of nitrogens with two attached hydrogens (primary N) is 1. The zero-order valence-electron chi connectivity index (χ0n) is 19.2. The lowest BCUT2D eigenvalue weighted by Gasteiger charge is -2.32. The number of pyridine rings is 1. The van der Waals surface area contributed by atoms with Gasteiger partial charge in [-0.3, -0.25) is 4.98 Å². The third-order valence-electron chi connectivity index (χ3n) is 6.57. The molecule has 0 aliphatic carbocycles. The van der Waals surface area contributed by atoms with Gasteiger partial charge in [-0.2, -0.15) is 0 Å². The second-order valence-electron chi connectivity index (χ2n) is 8.98. The number of anilines is 2. The monoisotopic (exact) mass is 462 g/mol. The molecule has 34 heavy (non-hydrogen) atoms. The molecule has 1 aliphatic rings. The second-order valence-corrected chi connectivity index (χ2v) is 8.98. The van der Waals surface area contributed by atoms with E-state index in [9.17, 15) is 8.78 Å². The van der Waals surface area contributed by atoms with Crippen LogP contribution in [0, 0.1) is 11.6 Å². The third kappa shape index (κ3) is 4.44. The molecule has 8 heteroatoms. The molecule has 0 spiro atoms. The summed E-state index contributed by atoms with van der Waals surface area (Å²) < 4.78 is 31.1. The number of aromatic nitrogens is 4. The SMILES string of the molecule is CCCc1cnc(N2CCC(c3cnc(Cn4ccc5cc(N)cc(F)c54)c(F)c3)CC2)nc1. The van der Waals surface area contributed by atoms with Gasteiger partial charge in [0.25, 0.3) is 0 Å². The van der Waals surface area contributed by atoms with Crippen LogP contribution in [0.2, 0.25) is 0 Å². The van der Waals surface area contributed by atoms with Crippen molar-refractivity contribution in [2.24, 2.45) is 0 Å². The van der Waals surface area contributed by atoms with Crippen molar-refractivity contribution < 1.29 is 8.78 Å². The Kier molecular flexibility index (Phi) is 6.13. The summed E-state index contributed by atoms with van der Waals surface area (Å²) in [6, 6.07) is 6.34.